The Morgan fingerprint density at radius 3 is 2.31 bits per heavy atom. The standard InChI is InChI=1S/C30H38N4O5/c1-30(2,3)39-29(36)34-17-24-13-25(18-34)16-33(15-24)19-26(21-37-27-11-9-22(14-31)10-12-27)32-28(35)38-20-23-7-5-4-6-8-23/h4-12,24-26H,13,15-21H2,1-3H3,(H,32,35). The Labute approximate surface area is 230 Å². The second-order valence-corrected chi connectivity index (χ2v) is 11.4. The second kappa shape index (κ2) is 12.9. The van der Waals surface area contributed by atoms with Gasteiger partial charge in [-0.05, 0) is 68.9 Å². The number of piperidine rings is 2. The highest BCUT2D eigenvalue weighted by Crippen LogP contribution is 2.29. The first-order valence-electron chi connectivity index (χ1n) is 13.5. The highest BCUT2D eigenvalue weighted by atomic mass is 16.6. The van der Waals surface area contributed by atoms with E-state index in [0.717, 1.165) is 25.1 Å². The van der Waals surface area contributed by atoms with Gasteiger partial charge in [-0.25, -0.2) is 9.59 Å². The van der Waals surface area contributed by atoms with E-state index in [4.69, 9.17) is 19.5 Å². The number of alkyl carbamates (subject to hydrolysis) is 1. The van der Waals surface area contributed by atoms with Crippen molar-refractivity contribution in [3.8, 4) is 11.8 Å². The molecule has 2 heterocycles. The maximum atomic E-state index is 12.7. The van der Waals surface area contributed by atoms with Gasteiger partial charge in [-0.3, -0.25) is 0 Å². The van der Waals surface area contributed by atoms with Gasteiger partial charge in [-0.2, -0.15) is 5.26 Å². The molecule has 9 nitrogen and oxygen atoms in total. The Balaban J connectivity index is 1.35. The van der Waals surface area contributed by atoms with Crippen LogP contribution in [0.3, 0.4) is 0 Å². The summed E-state index contributed by atoms with van der Waals surface area (Å²) < 4.78 is 17.1. The number of benzene rings is 2. The van der Waals surface area contributed by atoms with Crippen LogP contribution in [0.25, 0.3) is 0 Å². The molecule has 2 amide bonds. The van der Waals surface area contributed by atoms with E-state index < -0.39 is 11.7 Å². The lowest BCUT2D eigenvalue weighted by atomic mass is 9.84. The normalized spacial score (nSPS) is 19.9. The molecule has 2 aliphatic rings. The monoisotopic (exact) mass is 534 g/mol. The Morgan fingerprint density at radius 1 is 1.03 bits per heavy atom. The number of nitriles is 1. The predicted octanol–water partition coefficient (Wildman–Crippen LogP) is 4.42. The lowest BCUT2D eigenvalue weighted by Crippen LogP contribution is -2.57. The third kappa shape index (κ3) is 8.89. The van der Waals surface area contributed by atoms with Crippen molar-refractivity contribution in [3.63, 3.8) is 0 Å². The SMILES string of the molecule is CC(C)(C)OC(=O)N1CC2CC(CN(CC(COc3ccc(C#N)cc3)NC(=O)OCc3ccccc3)C2)C1. The summed E-state index contributed by atoms with van der Waals surface area (Å²) in [5.41, 5.74) is 0.955. The molecule has 0 saturated carbocycles. The number of nitrogens with one attached hydrogen (secondary N) is 1. The third-order valence-corrected chi connectivity index (χ3v) is 6.76. The zero-order valence-corrected chi connectivity index (χ0v) is 23.0. The van der Waals surface area contributed by atoms with Crippen molar-refractivity contribution in [3.05, 3.63) is 65.7 Å². The van der Waals surface area contributed by atoms with E-state index in [9.17, 15) is 9.59 Å². The van der Waals surface area contributed by atoms with E-state index in [0.29, 0.717) is 42.8 Å². The van der Waals surface area contributed by atoms with Gasteiger partial charge >= 0.3 is 12.2 Å². The van der Waals surface area contributed by atoms with E-state index in [1.165, 1.54) is 0 Å². The zero-order valence-electron chi connectivity index (χ0n) is 23.0. The van der Waals surface area contributed by atoms with Crippen LogP contribution < -0.4 is 10.1 Å². The highest BCUT2D eigenvalue weighted by Gasteiger charge is 2.38. The molecule has 3 atom stereocenters. The molecule has 9 heteroatoms. The minimum atomic E-state index is -0.515. The Bertz CT molecular complexity index is 1130. The molecular weight excluding hydrogens is 496 g/mol. The minimum absolute atomic E-state index is 0.185. The third-order valence-electron chi connectivity index (χ3n) is 6.76. The number of ether oxygens (including phenoxy) is 3. The van der Waals surface area contributed by atoms with E-state index >= 15 is 0 Å². The van der Waals surface area contributed by atoms with Crippen LogP contribution in [0.15, 0.2) is 54.6 Å². The summed E-state index contributed by atoms with van der Waals surface area (Å²) >= 11 is 0. The number of amides is 2. The average molecular weight is 535 g/mol. The summed E-state index contributed by atoms with van der Waals surface area (Å²) in [6, 6.07) is 18.2. The summed E-state index contributed by atoms with van der Waals surface area (Å²) in [6.45, 7) is 9.66. The number of carbonyl (C=O) groups is 2. The molecule has 2 saturated heterocycles. The largest absolute Gasteiger partial charge is 0.491 e. The average Bonchev–Trinajstić information content (AvgIpc) is 2.90. The van der Waals surface area contributed by atoms with Crippen molar-refractivity contribution in [2.45, 2.75) is 45.4 Å². The van der Waals surface area contributed by atoms with Crippen LogP contribution in [0.4, 0.5) is 9.59 Å². The van der Waals surface area contributed by atoms with Gasteiger partial charge in [0.1, 0.15) is 24.6 Å². The second-order valence-electron chi connectivity index (χ2n) is 11.4. The Kier molecular flexibility index (Phi) is 9.31. The van der Waals surface area contributed by atoms with E-state index in [2.05, 4.69) is 16.3 Å². The molecule has 1 N–H and O–H groups in total. The van der Waals surface area contributed by atoms with Crippen LogP contribution in [0.1, 0.15) is 38.3 Å². The molecule has 4 rings (SSSR count). The molecule has 2 bridgehead atoms. The van der Waals surface area contributed by atoms with Gasteiger partial charge in [0.05, 0.1) is 17.7 Å². The molecule has 0 aliphatic carbocycles. The van der Waals surface area contributed by atoms with Crippen LogP contribution >= 0.6 is 0 Å². The first-order valence-corrected chi connectivity index (χ1v) is 13.5. The summed E-state index contributed by atoms with van der Waals surface area (Å²) in [5, 5.41) is 12.0. The molecule has 2 aromatic rings. The van der Waals surface area contributed by atoms with Gasteiger partial charge in [0, 0.05) is 32.7 Å². The number of hydrogen-bond acceptors (Lipinski definition) is 7. The van der Waals surface area contributed by atoms with Crippen LogP contribution in [0.5, 0.6) is 5.75 Å². The molecule has 2 aromatic carbocycles. The molecule has 39 heavy (non-hydrogen) atoms. The van der Waals surface area contributed by atoms with E-state index in [-0.39, 0.29) is 25.3 Å². The fraction of sp³-hybridized carbons (Fsp3) is 0.500. The number of likely N-dealkylation sites (tertiary alicyclic amines) is 2. The van der Waals surface area contributed by atoms with Crippen molar-refractivity contribution in [2.24, 2.45) is 11.8 Å². The van der Waals surface area contributed by atoms with Gasteiger partial charge in [0.15, 0.2) is 0 Å². The summed E-state index contributed by atoms with van der Waals surface area (Å²) in [7, 11) is 0. The molecule has 2 aliphatic heterocycles. The predicted molar refractivity (Wildman–Crippen MR) is 146 cm³/mol. The highest BCUT2D eigenvalue weighted by molar-refractivity contribution is 5.68. The first-order chi connectivity index (χ1) is 18.7. The first kappa shape index (κ1) is 28.2. The Hall–Kier alpha value is -3.77. The summed E-state index contributed by atoms with van der Waals surface area (Å²) in [6.07, 6.45) is 0.331. The fourth-order valence-corrected chi connectivity index (χ4v) is 5.22. The summed E-state index contributed by atoms with van der Waals surface area (Å²) in [4.78, 5) is 29.5. The maximum Gasteiger partial charge on any atom is 0.410 e. The van der Waals surface area contributed by atoms with Gasteiger partial charge in [0.25, 0.3) is 0 Å². The van der Waals surface area contributed by atoms with Crippen LogP contribution in [0.2, 0.25) is 0 Å². The van der Waals surface area contributed by atoms with Crippen molar-refractivity contribution < 1.29 is 23.8 Å². The summed E-state index contributed by atoms with van der Waals surface area (Å²) in [5.74, 6) is 1.31. The van der Waals surface area contributed by atoms with E-state index in [1.807, 2.05) is 56.0 Å². The lowest BCUT2D eigenvalue weighted by Gasteiger charge is -2.46. The van der Waals surface area contributed by atoms with Crippen LogP contribution in [-0.2, 0) is 16.1 Å². The van der Waals surface area contributed by atoms with Crippen molar-refractivity contribution in [2.75, 3.05) is 39.3 Å². The fourth-order valence-electron chi connectivity index (χ4n) is 5.22. The molecule has 3 unspecified atom stereocenters. The molecule has 0 radical (unpaired) electrons. The smallest absolute Gasteiger partial charge is 0.410 e. The number of fused-ring (bicyclic) bond motifs is 2. The molecule has 0 aromatic heterocycles. The van der Waals surface area contributed by atoms with Gasteiger partial charge in [0.2, 0.25) is 0 Å². The molecule has 208 valence electrons. The number of rotatable bonds is 8. The zero-order chi connectivity index (χ0) is 27.8. The number of hydrogen-bond donors (Lipinski definition) is 1. The number of carbonyl (C=O) groups excluding carboxylic acids is 2. The van der Waals surface area contributed by atoms with Crippen molar-refractivity contribution >= 4 is 12.2 Å². The minimum Gasteiger partial charge on any atom is -0.491 e. The maximum absolute atomic E-state index is 12.7. The van der Waals surface area contributed by atoms with Crippen molar-refractivity contribution in [1.29, 1.82) is 5.26 Å². The number of nitrogens with zero attached hydrogens (tertiary/aromatic N) is 3. The lowest BCUT2D eigenvalue weighted by molar-refractivity contribution is -0.0115. The van der Waals surface area contributed by atoms with Crippen molar-refractivity contribution in [1.82, 2.24) is 15.1 Å². The van der Waals surface area contributed by atoms with Gasteiger partial charge in [-0.15, -0.1) is 0 Å². The topological polar surface area (TPSA) is 104 Å². The quantitative estimate of drug-likeness (QED) is 0.535. The molecule has 0 spiro atoms. The van der Waals surface area contributed by atoms with Crippen LogP contribution in [0, 0.1) is 23.2 Å². The van der Waals surface area contributed by atoms with E-state index in [1.54, 1.807) is 24.3 Å². The van der Waals surface area contributed by atoms with Crippen LogP contribution in [-0.4, -0.2) is 73.0 Å². The molecular formula is C30H38N4O5. The van der Waals surface area contributed by atoms with Gasteiger partial charge in [-0.1, -0.05) is 30.3 Å². The molecule has 2 fully saturated rings. The van der Waals surface area contributed by atoms with Gasteiger partial charge < -0.3 is 29.3 Å². The Morgan fingerprint density at radius 2 is 1.69 bits per heavy atom.